The zero-order valence-electron chi connectivity index (χ0n) is 12.2. The molecule has 0 aliphatic heterocycles. The molecule has 1 aliphatic carbocycles. The van der Waals surface area contributed by atoms with Gasteiger partial charge in [0, 0.05) is 22.3 Å². The number of benzene rings is 1. The van der Waals surface area contributed by atoms with Gasteiger partial charge in [-0.05, 0) is 55.4 Å². The Hall–Kier alpha value is -1.07. The van der Waals surface area contributed by atoms with E-state index in [1.807, 2.05) is 0 Å². The molecule has 0 aromatic heterocycles. The lowest BCUT2D eigenvalue weighted by Gasteiger charge is -2.34. The third kappa shape index (κ3) is 4.45. The average Bonchev–Trinajstić information content (AvgIpc) is 2.40. The maximum atomic E-state index is 12.1. The van der Waals surface area contributed by atoms with Crippen molar-refractivity contribution in [2.75, 3.05) is 0 Å². The molecule has 0 bridgehead atoms. The molecular formula is C15H20ClNO3S. The Morgan fingerprint density at radius 3 is 2.19 bits per heavy atom. The molecule has 1 aliphatic rings. The zero-order chi connectivity index (χ0) is 15.7. The Labute approximate surface area is 130 Å². The van der Waals surface area contributed by atoms with Gasteiger partial charge >= 0.3 is 0 Å². The molecule has 1 saturated carbocycles. The minimum absolute atomic E-state index is 0.000123. The summed E-state index contributed by atoms with van der Waals surface area (Å²) in [5, 5.41) is 3.01. The van der Waals surface area contributed by atoms with Crippen molar-refractivity contribution in [1.29, 1.82) is 0 Å². The molecule has 0 radical (unpaired) electrons. The van der Waals surface area contributed by atoms with Crippen LogP contribution in [0.4, 0.5) is 0 Å². The second kappa shape index (κ2) is 5.97. The molecule has 21 heavy (non-hydrogen) atoms. The SMILES string of the molecule is CC1(C)CCC(NC(=O)c2ccc(S(=O)(=O)Cl)cc2)CC1. The van der Waals surface area contributed by atoms with E-state index in [0.717, 1.165) is 25.7 Å². The third-order valence-electron chi connectivity index (χ3n) is 4.07. The van der Waals surface area contributed by atoms with Crippen LogP contribution >= 0.6 is 10.7 Å². The molecule has 1 N–H and O–H groups in total. The number of amides is 1. The first-order chi connectivity index (χ1) is 9.67. The van der Waals surface area contributed by atoms with E-state index in [1.165, 1.54) is 24.3 Å². The minimum atomic E-state index is -3.74. The van der Waals surface area contributed by atoms with Gasteiger partial charge in [0.25, 0.3) is 15.0 Å². The summed E-state index contributed by atoms with van der Waals surface area (Å²) in [6.07, 6.45) is 4.16. The van der Waals surface area contributed by atoms with Gasteiger partial charge in [0.1, 0.15) is 0 Å². The predicted octanol–water partition coefficient (Wildman–Crippen LogP) is 3.31. The van der Waals surface area contributed by atoms with Crippen molar-refractivity contribution in [3.05, 3.63) is 29.8 Å². The van der Waals surface area contributed by atoms with Crippen LogP contribution in [0.5, 0.6) is 0 Å². The Balaban J connectivity index is 1.98. The van der Waals surface area contributed by atoms with Crippen LogP contribution in [0.15, 0.2) is 29.2 Å². The van der Waals surface area contributed by atoms with Gasteiger partial charge in [-0.1, -0.05) is 13.8 Å². The van der Waals surface area contributed by atoms with Crippen molar-refractivity contribution < 1.29 is 13.2 Å². The lowest BCUT2D eigenvalue weighted by Crippen LogP contribution is -2.39. The number of carbonyl (C=O) groups is 1. The minimum Gasteiger partial charge on any atom is -0.349 e. The molecule has 0 atom stereocenters. The number of halogens is 1. The zero-order valence-corrected chi connectivity index (χ0v) is 13.8. The van der Waals surface area contributed by atoms with Crippen molar-refractivity contribution in [3.63, 3.8) is 0 Å². The summed E-state index contributed by atoms with van der Waals surface area (Å²) >= 11 is 0. The Morgan fingerprint density at radius 1 is 1.19 bits per heavy atom. The van der Waals surface area contributed by atoms with Crippen LogP contribution in [0.2, 0.25) is 0 Å². The van der Waals surface area contributed by atoms with Gasteiger partial charge in [-0.2, -0.15) is 0 Å². The average molecular weight is 330 g/mol. The number of hydrogen-bond acceptors (Lipinski definition) is 3. The molecular weight excluding hydrogens is 310 g/mol. The maximum absolute atomic E-state index is 12.1. The van der Waals surface area contributed by atoms with Crippen molar-refractivity contribution >= 4 is 25.6 Å². The lowest BCUT2D eigenvalue weighted by atomic mass is 9.75. The van der Waals surface area contributed by atoms with Crippen LogP contribution in [0, 0.1) is 5.41 Å². The van der Waals surface area contributed by atoms with Gasteiger partial charge in [0.05, 0.1) is 4.90 Å². The summed E-state index contributed by atoms with van der Waals surface area (Å²) in [5.41, 5.74) is 0.807. The van der Waals surface area contributed by atoms with Crippen molar-refractivity contribution in [3.8, 4) is 0 Å². The molecule has 116 valence electrons. The van der Waals surface area contributed by atoms with Gasteiger partial charge in [-0.15, -0.1) is 0 Å². The highest BCUT2D eigenvalue weighted by atomic mass is 35.7. The van der Waals surface area contributed by atoms with Crippen LogP contribution in [-0.4, -0.2) is 20.4 Å². The van der Waals surface area contributed by atoms with Gasteiger partial charge in [-0.25, -0.2) is 8.42 Å². The maximum Gasteiger partial charge on any atom is 0.261 e. The van der Waals surface area contributed by atoms with Crippen LogP contribution in [0.3, 0.4) is 0 Å². The van der Waals surface area contributed by atoms with Crippen LogP contribution in [-0.2, 0) is 9.05 Å². The predicted molar refractivity (Wildman–Crippen MR) is 83.0 cm³/mol. The van der Waals surface area contributed by atoms with Gasteiger partial charge in [0.15, 0.2) is 0 Å². The summed E-state index contributed by atoms with van der Waals surface area (Å²) in [7, 11) is 1.50. The van der Waals surface area contributed by atoms with Crippen molar-refractivity contribution in [2.45, 2.75) is 50.5 Å². The normalized spacial score (nSPS) is 19.2. The first-order valence-electron chi connectivity index (χ1n) is 7.03. The smallest absolute Gasteiger partial charge is 0.261 e. The summed E-state index contributed by atoms with van der Waals surface area (Å²) in [6, 6.07) is 5.86. The first kappa shape index (κ1) is 16.3. The molecule has 0 saturated heterocycles. The van der Waals surface area contributed by atoms with Gasteiger partial charge in [0.2, 0.25) is 0 Å². The molecule has 6 heteroatoms. The van der Waals surface area contributed by atoms with E-state index >= 15 is 0 Å². The summed E-state index contributed by atoms with van der Waals surface area (Å²) in [4.78, 5) is 12.1. The Morgan fingerprint density at radius 2 is 1.71 bits per heavy atom. The highest BCUT2D eigenvalue weighted by Gasteiger charge is 2.27. The van der Waals surface area contributed by atoms with Gasteiger partial charge in [-0.3, -0.25) is 4.79 Å². The summed E-state index contributed by atoms with van der Waals surface area (Å²) in [6.45, 7) is 4.49. The fourth-order valence-electron chi connectivity index (χ4n) is 2.58. The van der Waals surface area contributed by atoms with E-state index < -0.39 is 9.05 Å². The van der Waals surface area contributed by atoms with Crippen molar-refractivity contribution in [1.82, 2.24) is 5.32 Å². The molecule has 0 heterocycles. The quantitative estimate of drug-likeness (QED) is 0.865. The molecule has 4 nitrogen and oxygen atoms in total. The molecule has 0 spiro atoms. The second-order valence-corrected chi connectivity index (χ2v) is 8.94. The van der Waals surface area contributed by atoms with Gasteiger partial charge < -0.3 is 5.32 Å². The molecule has 1 fully saturated rings. The standard InChI is InChI=1S/C15H20ClNO3S/c1-15(2)9-7-12(8-10-15)17-14(18)11-3-5-13(6-4-11)21(16,19)20/h3-6,12H,7-10H2,1-2H3,(H,17,18). The number of hydrogen-bond donors (Lipinski definition) is 1. The monoisotopic (exact) mass is 329 g/mol. The Bertz CT molecular complexity index is 613. The molecule has 1 aromatic rings. The van der Waals surface area contributed by atoms with E-state index in [1.54, 1.807) is 0 Å². The molecule has 1 aromatic carbocycles. The largest absolute Gasteiger partial charge is 0.349 e. The number of nitrogens with one attached hydrogen (secondary N) is 1. The van der Waals surface area contributed by atoms with Crippen LogP contribution in [0.1, 0.15) is 49.9 Å². The fourth-order valence-corrected chi connectivity index (χ4v) is 3.35. The summed E-state index contributed by atoms with van der Waals surface area (Å²) < 4.78 is 22.3. The highest BCUT2D eigenvalue weighted by Crippen LogP contribution is 2.35. The lowest BCUT2D eigenvalue weighted by molar-refractivity contribution is 0.0909. The van der Waals surface area contributed by atoms with E-state index in [0.29, 0.717) is 11.0 Å². The summed E-state index contributed by atoms with van der Waals surface area (Å²) in [5.74, 6) is -0.168. The Kier molecular flexibility index (Phi) is 4.63. The fraction of sp³-hybridized carbons (Fsp3) is 0.533. The van der Waals surface area contributed by atoms with E-state index in [2.05, 4.69) is 19.2 Å². The van der Waals surface area contributed by atoms with Crippen LogP contribution < -0.4 is 5.32 Å². The van der Waals surface area contributed by atoms with Crippen molar-refractivity contribution in [2.24, 2.45) is 5.41 Å². The number of rotatable bonds is 3. The van der Waals surface area contributed by atoms with Crippen LogP contribution in [0.25, 0.3) is 0 Å². The highest BCUT2D eigenvalue weighted by molar-refractivity contribution is 8.13. The van der Waals surface area contributed by atoms with E-state index in [-0.39, 0.29) is 16.8 Å². The topological polar surface area (TPSA) is 63.2 Å². The first-order valence-corrected chi connectivity index (χ1v) is 9.34. The number of carbonyl (C=O) groups excluding carboxylic acids is 1. The van der Waals surface area contributed by atoms with E-state index in [4.69, 9.17) is 10.7 Å². The molecule has 0 unspecified atom stereocenters. The molecule has 1 amide bonds. The second-order valence-electron chi connectivity index (χ2n) is 6.37. The molecule has 2 rings (SSSR count). The third-order valence-corrected chi connectivity index (χ3v) is 5.44. The van der Waals surface area contributed by atoms with E-state index in [9.17, 15) is 13.2 Å².